The number of ether oxygens (including phenoxy) is 1. The number of allylic oxidation sites excluding steroid dienone is 1. The highest BCUT2D eigenvalue weighted by atomic mass is 16.5. The molecule has 0 amide bonds. The summed E-state index contributed by atoms with van der Waals surface area (Å²) in [6.07, 6.45) is 12.3. The summed E-state index contributed by atoms with van der Waals surface area (Å²) >= 11 is 0. The van der Waals surface area contributed by atoms with Crippen molar-refractivity contribution in [3.8, 4) is 0 Å². The summed E-state index contributed by atoms with van der Waals surface area (Å²) in [6, 6.07) is 8.49. The van der Waals surface area contributed by atoms with Crippen LogP contribution in [0, 0.1) is 0 Å². The zero-order valence-corrected chi connectivity index (χ0v) is 22.0. The minimum absolute atomic E-state index is 0.0366. The van der Waals surface area contributed by atoms with Crippen LogP contribution >= 0.6 is 0 Å². The molecule has 2 fully saturated rings. The van der Waals surface area contributed by atoms with Crippen LogP contribution in [0.3, 0.4) is 0 Å². The lowest BCUT2D eigenvalue weighted by Gasteiger charge is -2.34. The fourth-order valence-corrected chi connectivity index (χ4v) is 5.13. The number of nitrogens with one attached hydrogen (secondary N) is 1. The zero-order chi connectivity index (χ0) is 24.7. The van der Waals surface area contributed by atoms with Crippen LogP contribution in [0.2, 0.25) is 0 Å². The molecule has 1 heterocycles. The van der Waals surface area contributed by atoms with Crippen molar-refractivity contribution in [2.24, 2.45) is 5.73 Å². The van der Waals surface area contributed by atoms with E-state index in [1.807, 2.05) is 0 Å². The molecule has 0 radical (unpaired) electrons. The molecule has 1 aliphatic heterocycles. The number of unbranched alkanes of at least 4 members (excludes halogenated alkanes) is 3. The van der Waals surface area contributed by atoms with Crippen molar-refractivity contribution in [3.63, 3.8) is 0 Å². The van der Waals surface area contributed by atoms with E-state index in [1.54, 1.807) is 0 Å². The van der Waals surface area contributed by atoms with Crippen LogP contribution in [-0.2, 0) is 9.53 Å². The number of carbonyl (C=O) groups excluding carboxylic acids is 1. The van der Waals surface area contributed by atoms with Gasteiger partial charge in [0.05, 0.1) is 0 Å². The molecule has 0 aromatic heterocycles. The van der Waals surface area contributed by atoms with E-state index in [9.17, 15) is 4.79 Å². The number of nitrogens with two attached hydrogens (primary N) is 1. The molecule has 6 heteroatoms. The van der Waals surface area contributed by atoms with E-state index in [0.29, 0.717) is 13.0 Å². The SMILES string of the molecule is CCCCCCC(=O)OCCN1CCN(CCCNc2ccccc2C(N)=C2CCCCC2)CC1. The van der Waals surface area contributed by atoms with Crippen molar-refractivity contribution in [2.75, 3.05) is 57.7 Å². The molecule has 2 aliphatic rings. The van der Waals surface area contributed by atoms with Crippen molar-refractivity contribution in [1.29, 1.82) is 0 Å². The first kappa shape index (κ1) is 27.5. The van der Waals surface area contributed by atoms with Crippen molar-refractivity contribution in [1.82, 2.24) is 9.80 Å². The number of esters is 1. The van der Waals surface area contributed by atoms with E-state index in [1.165, 1.54) is 43.2 Å². The normalized spacial score (nSPS) is 17.3. The highest BCUT2D eigenvalue weighted by Gasteiger charge is 2.17. The topological polar surface area (TPSA) is 70.8 Å². The minimum Gasteiger partial charge on any atom is -0.464 e. The summed E-state index contributed by atoms with van der Waals surface area (Å²) in [4.78, 5) is 16.8. The average Bonchev–Trinajstić information content (AvgIpc) is 2.90. The number of benzene rings is 1. The smallest absolute Gasteiger partial charge is 0.305 e. The zero-order valence-electron chi connectivity index (χ0n) is 22.0. The lowest BCUT2D eigenvalue weighted by molar-refractivity contribution is -0.144. The van der Waals surface area contributed by atoms with Gasteiger partial charge in [0, 0.05) is 62.6 Å². The van der Waals surface area contributed by atoms with E-state index in [2.05, 4.69) is 46.3 Å². The van der Waals surface area contributed by atoms with Crippen LogP contribution in [0.15, 0.2) is 29.8 Å². The summed E-state index contributed by atoms with van der Waals surface area (Å²) in [5, 5.41) is 3.64. The Morgan fingerprint density at radius 1 is 0.943 bits per heavy atom. The highest BCUT2D eigenvalue weighted by molar-refractivity contribution is 5.76. The molecule has 196 valence electrons. The molecule has 6 nitrogen and oxygen atoms in total. The van der Waals surface area contributed by atoms with Gasteiger partial charge in [0.15, 0.2) is 0 Å². The first-order valence-corrected chi connectivity index (χ1v) is 14.1. The predicted octanol–water partition coefficient (Wildman–Crippen LogP) is 5.25. The van der Waals surface area contributed by atoms with E-state index in [4.69, 9.17) is 10.5 Å². The molecular weight excluding hydrogens is 436 g/mol. The monoisotopic (exact) mass is 484 g/mol. The lowest BCUT2D eigenvalue weighted by atomic mass is 9.91. The van der Waals surface area contributed by atoms with E-state index in [0.717, 1.165) is 89.3 Å². The molecule has 0 bridgehead atoms. The molecule has 1 saturated carbocycles. The summed E-state index contributed by atoms with van der Waals surface area (Å²) in [5.41, 5.74) is 11.3. The Balaban J connectivity index is 1.29. The predicted molar refractivity (Wildman–Crippen MR) is 146 cm³/mol. The van der Waals surface area contributed by atoms with E-state index < -0.39 is 0 Å². The number of nitrogens with zero attached hydrogens (tertiary/aromatic N) is 2. The number of carbonyl (C=O) groups is 1. The molecule has 1 aromatic rings. The lowest BCUT2D eigenvalue weighted by Crippen LogP contribution is -2.47. The number of piperazine rings is 1. The Kier molecular flexibility index (Phi) is 12.5. The summed E-state index contributed by atoms with van der Waals surface area (Å²) in [7, 11) is 0. The number of hydrogen-bond acceptors (Lipinski definition) is 6. The molecule has 0 spiro atoms. The second-order valence-electron chi connectivity index (χ2n) is 10.1. The Morgan fingerprint density at radius 2 is 1.66 bits per heavy atom. The van der Waals surface area contributed by atoms with Crippen molar-refractivity contribution in [3.05, 3.63) is 35.4 Å². The Hall–Kier alpha value is -2.05. The fraction of sp³-hybridized carbons (Fsp3) is 0.690. The van der Waals surface area contributed by atoms with Crippen molar-refractivity contribution < 1.29 is 9.53 Å². The Bertz CT molecular complexity index is 779. The molecule has 3 rings (SSSR count). The van der Waals surface area contributed by atoms with Crippen LogP contribution in [-0.4, -0.2) is 68.2 Å². The van der Waals surface area contributed by atoms with Crippen LogP contribution in [0.1, 0.15) is 83.1 Å². The first-order valence-electron chi connectivity index (χ1n) is 14.1. The van der Waals surface area contributed by atoms with Gasteiger partial charge < -0.3 is 20.7 Å². The maximum atomic E-state index is 11.8. The molecule has 1 aromatic carbocycles. The van der Waals surface area contributed by atoms with Gasteiger partial charge in [0.25, 0.3) is 0 Å². The highest BCUT2D eigenvalue weighted by Crippen LogP contribution is 2.30. The maximum absolute atomic E-state index is 11.8. The van der Waals surface area contributed by atoms with Gasteiger partial charge in [-0.2, -0.15) is 0 Å². The van der Waals surface area contributed by atoms with Gasteiger partial charge in [0.1, 0.15) is 6.61 Å². The first-order chi connectivity index (χ1) is 17.2. The van der Waals surface area contributed by atoms with Crippen molar-refractivity contribution >= 4 is 17.4 Å². The molecule has 0 atom stereocenters. The van der Waals surface area contributed by atoms with Gasteiger partial charge in [-0.25, -0.2) is 0 Å². The molecule has 1 aliphatic carbocycles. The van der Waals surface area contributed by atoms with Gasteiger partial charge in [-0.1, -0.05) is 50.8 Å². The second kappa shape index (κ2) is 15.8. The third kappa shape index (κ3) is 9.85. The minimum atomic E-state index is -0.0366. The number of para-hydroxylation sites is 1. The van der Waals surface area contributed by atoms with Gasteiger partial charge in [-0.05, 0) is 56.7 Å². The second-order valence-corrected chi connectivity index (χ2v) is 10.1. The quantitative estimate of drug-likeness (QED) is 0.277. The number of anilines is 1. The van der Waals surface area contributed by atoms with Gasteiger partial charge in [-0.15, -0.1) is 0 Å². The van der Waals surface area contributed by atoms with Crippen LogP contribution in [0.5, 0.6) is 0 Å². The molecule has 3 N–H and O–H groups in total. The average molecular weight is 485 g/mol. The van der Waals surface area contributed by atoms with Gasteiger partial charge in [-0.3, -0.25) is 9.69 Å². The van der Waals surface area contributed by atoms with Crippen molar-refractivity contribution in [2.45, 2.75) is 77.6 Å². The van der Waals surface area contributed by atoms with Crippen LogP contribution in [0.25, 0.3) is 5.70 Å². The maximum Gasteiger partial charge on any atom is 0.305 e. The molecular formula is C29H48N4O2. The van der Waals surface area contributed by atoms with Gasteiger partial charge in [0.2, 0.25) is 0 Å². The number of hydrogen-bond donors (Lipinski definition) is 2. The Morgan fingerprint density at radius 3 is 2.40 bits per heavy atom. The largest absolute Gasteiger partial charge is 0.464 e. The molecule has 0 unspecified atom stereocenters. The standard InChI is InChI=1S/C29H48N4O2/c1-2-3-4-8-16-28(34)35-24-23-33-21-19-32(20-22-33)18-11-17-31-27-15-10-9-14-26(27)29(30)25-12-6-5-7-13-25/h9-10,14-15,31H,2-8,11-13,16-24,30H2,1H3. The van der Waals surface area contributed by atoms with Gasteiger partial charge >= 0.3 is 5.97 Å². The third-order valence-electron chi connectivity index (χ3n) is 7.39. The molecule has 1 saturated heterocycles. The summed E-state index contributed by atoms with van der Waals surface area (Å²) in [5.74, 6) is -0.0366. The summed E-state index contributed by atoms with van der Waals surface area (Å²) in [6.45, 7) is 9.88. The number of rotatable bonds is 14. The van der Waals surface area contributed by atoms with Crippen LogP contribution < -0.4 is 11.1 Å². The fourth-order valence-electron chi connectivity index (χ4n) is 5.13. The van der Waals surface area contributed by atoms with Crippen LogP contribution in [0.4, 0.5) is 5.69 Å². The third-order valence-corrected chi connectivity index (χ3v) is 7.39. The van der Waals surface area contributed by atoms with E-state index in [-0.39, 0.29) is 5.97 Å². The molecule has 35 heavy (non-hydrogen) atoms. The Labute approximate surface area is 213 Å². The summed E-state index contributed by atoms with van der Waals surface area (Å²) < 4.78 is 5.42. The van der Waals surface area contributed by atoms with E-state index >= 15 is 0 Å².